The fourth-order valence-electron chi connectivity index (χ4n) is 4.68. The number of aliphatic carboxylic acids is 1. The number of nitrogens with zero attached hydrogens (tertiary/aromatic N) is 3. The number of carbonyl (C=O) groups is 2. The number of fused-ring (bicyclic) bond motifs is 1. The third-order valence-electron chi connectivity index (χ3n) is 6.25. The van der Waals surface area contributed by atoms with Crippen molar-refractivity contribution in [2.24, 2.45) is 5.92 Å². The summed E-state index contributed by atoms with van der Waals surface area (Å²) in [5.74, 6) is -0.133. The number of carboxylic acids is 1. The van der Waals surface area contributed by atoms with E-state index in [4.69, 9.17) is 4.98 Å². The van der Waals surface area contributed by atoms with Crippen LogP contribution in [0.4, 0.5) is 5.82 Å². The molecular weight excluding hydrogens is 430 g/mol. The number of aromatic nitrogens is 3. The third-order valence-corrected chi connectivity index (χ3v) is 6.25. The van der Waals surface area contributed by atoms with Crippen LogP contribution in [0.15, 0.2) is 42.9 Å². The maximum atomic E-state index is 13.1. The monoisotopic (exact) mass is 463 g/mol. The fraction of sp³-hybridized carbons (Fsp3) is 0.462. The van der Waals surface area contributed by atoms with Gasteiger partial charge in [-0.2, -0.15) is 0 Å². The Balaban J connectivity index is 1.65. The van der Waals surface area contributed by atoms with Crippen LogP contribution < -0.4 is 10.6 Å². The Labute approximate surface area is 199 Å². The van der Waals surface area contributed by atoms with Crippen LogP contribution in [0.25, 0.3) is 16.9 Å². The van der Waals surface area contributed by atoms with Gasteiger partial charge in [0.15, 0.2) is 0 Å². The van der Waals surface area contributed by atoms with Crippen LogP contribution in [0.3, 0.4) is 0 Å². The number of hydrogen-bond acceptors (Lipinski definition) is 5. The van der Waals surface area contributed by atoms with Crippen molar-refractivity contribution in [3.05, 3.63) is 48.4 Å². The van der Waals surface area contributed by atoms with E-state index in [1.165, 1.54) is 6.42 Å². The zero-order valence-electron chi connectivity index (χ0n) is 20.0. The van der Waals surface area contributed by atoms with Crippen LogP contribution in [0.2, 0.25) is 0 Å². The lowest BCUT2D eigenvalue weighted by atomic mass is 9.82. The number of carboxylic acid groups (broad SMARTS) is 1. The Bertz CT molecular complexity index is 1160. The van der Waals surface area contributed by atoms with Crippen molar-refractivity contribution in [1.82, 2.24) is 19.7 Å². The molecule has 3 aromatic rings. The molecule has 3 N–H and O–H groups in total. The van der Waals surface area contributed by atoms with Gasteiger partial charge in [-0.3, -0.25) is 19.0 Å². The summed E-state index contributed by atoms with van der Waals surface area (Å²) in [6.07, 6.45) is 10.5. The molecule has 0 aliphatic heterocycles. The predicted octanol–water partition coefficient (Wildman–Crippen LogP) is 4.76. The number of amides is 1. The molecule has 34 heavy (non-hydrogen) atoms. The van der Waals surface area contributed by atoms with E-state index in [0.717, 1.165) is 42.8 Å². The lowest BCUT2D eigenvalue weighted by Crippen LogP contribution is -2.42. The second kappa shape index (κ2) is 9.83. The van der Waals surface area contributed by atoms with Crippen molar-refractivity contribution < 1.29 is 14.7 Å². The Morgan fingerprint density at radius 2 is 1.97 bits per heavy atom. The summed E-state index contributed by atoms with van der Waals surface area (Å²) in [5, 5.41) is 15.9. The first-order valence-corrected chi connectivity index (χ1v) is 11.9. The molecule has 1 fully saturated rings. The normalized spacial score (nSPS) is 15.7. The molecule has 1 aliphatic carbocycles. The van der Waals surface area contributed by atoms with Gasteiger partial charge < -0.3 is 15.7 Å². The molecule has 1 saturated carbocycles. The number of carbonyl (C=O) groups excluding carboxylic acids is 1. The smallest absolute Gasteiger partial charge is 0.305 e. The van der Waals surface area contributed by atoms with Crippen LogP contribution >= 0.6 is 0 Å². The van der Waals surface area contributed by atoms with E-state index in [-0.39, 0.29) is 29.8 Å². The van der Waals surface area contributed by atoms with Crippen molar-refractivity contribution in [1.29, 1.82) is 0 Å². The van der Waals surface area contributed by atoms with Gasteiger partial charge in [-0.15, -0.1) is 0 Å². The van der Waals surface area contributed by atoms with Gasteiger partial charge in [0.05, 0.1) is 6.42 Å². The van der Waals surface area contributed by atoms with Gasteiger partial charge in [0.2, 0.25) is 0 Å². The topological polar surface area (TPSA) is 109 Å². The molecule has 0 radical (unpaired) electrons. The van der Waals surface area contributed by atoms with E-state index in [9.17, 15) is 14.7 Å². The highest BCUT2D eigenvalue weighted by atomic mass is 16.4. The van der Waals surface area contributed by atoms with Crippen molar-refractivity contribution in [3.8, 4) is 11.3 Å². The third kappa shape index (κ3) is 5.55. The summed E-state index contributed by atoms with van der Waals surface area (Å²) in [4.78, 5) is 33.6. The second-order valence-corrected chi connectivity index (χ2v) is 10.1. The van der Waals surface area contributed by atoms with E-state index in [0.29, 0.717) is 11.2 Å². The van der Waals surface area contributed by atoms with Gasteiger partial charge in [0, 0.05) is 41.3 Å². The second-order valence-electron chi connectivity index (χ2n) is 10.1. The molecule has 8 heteroatoms. The summed E-state index contributed by atoms with van der Waals surface area (Å²) >= 11 is 0. The Hall–Kier alpha value is -3.42. The number of anilines is 1. The lowest BCUT2D eigenvalue weighted by molar-refractivity contribution is -0.137. The summed E-state index contributed by atoms with van der Waals surface area (Å²) in [6, 6.07) is 6.96. The van der Waals surface area contributed by atoms with E-state index in [1.807, 2.05) is 22.7 Å². The van der Waals surface area contributed by atoms with E-state index in [1.54, 1.807) is 24.5 Å². The first-order chi connectivity index (χ1) is 16.2. The van der Waals surface area contributed by atoms with Crippen LogP contribution in [0.5, 0.6) is 0 Å². The maximum Gasteiger partial charge on any atom is 0.305 e. The highest BCUT2D eigenvalue weighted by molar-refractivity contribution is 5.96. The van der Waals surface area contributed by atoms with Crippen LogP contribution in [0.1, 0.15) is 69.7 Å². The molecular formula is C26H33N5O3. The summed E-state index contributed by atoms with van der Waals surface area (Å²) in [5.41, 5.74) is 2.52. The van der Waals surface area contributed by atoms with Gasteiger partial charge in [-0.25, -0.2) is 4.98 Å². The molecule has 180 valence electrons. The molecule has 3 aromatic heterocycles. The van der Waals surface area contributed by atoms with Crippen molar-refractivity contribution in [2.45, 2.75) is 70.9 Å². The molecule has 1 aliphatic rings. The van der Waals surface area contributed by atoms with E-state index in [2.05, 4.69) is 36.4 Å². The number of imidazole rings is 1. The Morgan fingerprint density at radius 3 is 2.62 bits per heavy atom. The molecule has 3 heterocycles. The van der Waals surface area contributed by atoms with Crippen LogP contribution in [-0.2, 0) is 4.79 Å². The van der Waals surface area contributed by atoms with E-state index < -0.39 is 5.97 Å². The first-order valence-electron chi connectivity index (χ1n) is 11.9. The number of hydrogen-bond donors (Lipinski definition) is 3. The minimum absolute atomic E-state index is 0.0627. The highest BCUT2D eigenvalue weighted by Crippen LogP contribution is 2.31. The molecule has 0 aromatic carbocycles. The fourth-order valence-corrected chi connectivity index (χ4v) is 4.68. The summed E-state index contributed by atoms with van der Waals surface area (Å²) in [7, 11) is 0. The average Bonchev–Trinajstić information content (AvgIpc) is 3.15. The van der Waals surface area contributed by atoms with Gasteiger partial charge in [0.25, 0.3) is 5.91 Å². The SMILES string of the molecule is CC(C)(C)Nc1c(-c2cccnc2)nc2cc(C(=O)NC(CC(=O)O)C3CCCCC3)ccn12. The Kier molecular flexibility index (Phi) is 6.86. The van der Waals surface area contributed by atoms with Crippen molar-refractivity contribution >= 4 is 23.3 Å². The molecule has 1 unspecified atom stereocenters. The molecule has 1 atom stereocenters. The molecule has 0 spiro atoms. The van der Waals surface area contributed by atoms with Crippen molar-refractivity contribution in [3.63, 3.8) is 0 Å². The van der Waals surface area contributed by atoms with Crippen LogP contribution in [0, 0.1) is 5.92 Å². The Morgan fingerprint density at radius 1 is 1.21 bits per heavy atom. The molecule has 4 rings (SSSR count). The minimum Gasteiger partial charge on any atom is -0.481 e. The van der Waals surface area contributed by atoms with Gasteiger partial charge in [-0.05, 0) is 63.8 Å². The molecule has 1 amide bonds. The maximum absolute atomic E-state index is 13.1. The quantitative estimate of drug-likeness (QED) is 0.466. The molecule has 0 bridgehead atoms. The summed E-state index contributed by atoms with van der Waals surface area (Å²) in [6.45, 7) is 6.24. The number of rotatable bonds is 7. The minimum atomic E-state index is -0.890. The molecule has 8 nitrogen and oxygen atoms in total. The standard InChI is InChI=1S/C26H33N5O3/c1-26(2,3)30-24-23(19-10-7-12-27-16-19)29-21-14-18(11-13-31(21)24)25(34)28-20(15-22(32)33)17-8-5-4-6-9-17/h7,10-14,16-17,20,30H,4-6,8-9,15H2,1-3H3,(H,28,34)(H,32,33). The van der Waals surface area contributed by atoms with Gasteiger partial charge >= 0.3 is 5.97 Å². The van der Waals surface area contributed by atoms with Gasteiger partial charge in [0.1, 0.15) is 17.2 Å². The predicted molar refractivity (Wildman–Crippen MR) is 132 cm³/mol. The van der Waals surface area contributed by atoms with Crippen molar-refractivity contribution in [2.75, 3.05) is 5.32 Å². The summed E-state index contributed by atoms with van der Waals surface area (Å²) < 4.78 is 1.93. The highest BCUT2D eigenvalue weighted by Gasteiger charge is 2.28. The molecule has 0 saturated heterocycles. The first kappa shape index (κ1) is 23.7. The van der Waals surface area contributed by atoms with E-state index >= 15 is 0 Å². The van der Waals surface area contributed by atoms with Crippen LogP contribution in [-0.4, -0.2) is 42.9 Å². The lowest BCUT2D eigenvalue weighted by Gasteiger charge is -2.30. The largest absolute Gasteiger partial charge is 0.481 e. The number of pyridine rings is 2. The zero-order chi connectivity index (χ0) is 24.3. The zero-order valence-corrected chi connectivity index (χ0v) is 20.0. The van der Waals surface area contributed by atoms with Gasteiger partial charge in [-0.1, -0.05) is 19.3 Å². The number of nitrogens with one attached hydrogen (secondary N) is 2. The average molecular weight is 464 g/mol.